The number of nitrogens with zero attached hydrogens (tertiary/aromatic N) is 3. The number of methoxy groups -OCH3 is 1. The molecule has 1 heterocycles. The van der Waals surface area contributed by atoms with Crippen LogP contribution in [0.2, 0.25) is 0 Å². The fraction of sp³-hybridized carbons (Fsp3) is 0.444. The number of nitriles is 1. The van der Waals surface area contributed by atoms with Gasteiger partial charge in [0.05, 0.1) is 12.9 Å². The van der Waals surface area contributed by atoms with Crippen LogP contribution in [0.1, 0.15) is 11.8 Å². The molecule has 1 aromatic heterocycles. The molecule has 98 valence electrons. The molecule has 0 saturated heterocycles. The zero-order chi connectivity index (χ0) is 13.9. The Balaban J connectivity index is 3.31. The van der Waals surface area contributed by atoms with Crippen LogP contribution >= 0.6 is 11.3 Å². The Kier molecular flexibility index (Phi) is 4.26. The van der Waals surface area contributed by atoms with Crippen molar-refractivity contribution in [3.8, 4) is 6.07 Å². The van der Waals surface area contributed by atoms with Gasteiger partial charge in [0.1, 0.15) is 6.07 Å². The molecule has 0 spiro atoms. The third-order valence-corrected chi connectivity index (χ3v) is 5.24. The second-order valence-electron chi connectivity index (χ2n) is 3.18. The molecule has 0 radical (unpaired) electrons. The van der Waals surface area contributed by atoms with E-state index in [0.29, 0.717) is 0 Å². The van der Waals surface area contributed by atoms with Gasteiger partial charge in [-0.1, -0.05) is 18.3 Å². The minimum Gasteiger partial charge on any atom is -0.452 e. The lowest BCUT2D eigenvalue weighted by Crippen LogP contribution is -2.26. The number of sulfone groups is 1. The smallest absolute Gasteiger partial charge is 0.414 e. The maximum atomic E-state index is 11.6. The van der Waals surface area contributed by atoms with Gasteiger partial charge in [-0.2, -0.15) is 5.26 Å². The first-order valence-corrected chi connectivity index (χ1v) is 7.29. The third-order valence-electron chi connectivity index (χ3n) is 2.10. The molecular weight excluding hydrogens is 278 g/mol. The van der Waals surface area contributed by atoms with Crippen molar-refractivity contribution >= 4 is 33.1 Å². The standard InChI is InChI=1S/C9H11N3O4S2/c1-4-18(14,15)8-11-7(6(5-10)17-8)12(2)9(13)16-3/h4H2,1-3H3. The molecule has 0 aliphatic carbocycles. The van der Waals surface area contributed by atoms with Gasteiger partial charge in [0.25, 0.3) is 0 Å². The van der Waals surface area contributed by atoms with Crippen molar-refractivity contribution in [1.29, 1.82) is 5.26 Å². The number of hydrogen-bond donors (Lipinski definition) is 0. The van der Waals surface area contributed by atoms with E-state index >= 15 is 0 Å². The Labute approximate surface area is 109 Å². The van der Waals surface area contributed by atoms with Crippen molar-refractivity contribution in [2.75, 3.05) is 24.8 Å². The van der Waals surface area contributed by atoms with Crippen molar-refractivity contribution in [3.05, 3.63) is 4.88 Å². The Morgan fingerprint density at radius 1 is 1.61 bits per heavy atom. The van der Waals surface area contributed by atoms with Gasteiger partial charge in [0, 0.05) is 7.05 Å². The summed E-state index contributed by atoms with van der Waals surface area (Å²) in [4.78, 5) is 16.2. The highest BCUT2D eigenvalue weighted by molar-refractivity contribution is 7.93. The quantitative estimate of drug-likeness (QED) is 0.823. The van der Waals surface area contributed by atoms with Crippen LogP contribution in [-0.2, 0) is 14.6 Å². The highest BCUT2D eigenvalue weighted by atomic mass is 32.2. The number of anilines is 1. The van der Waals surface area contributed by atoms with Crippen LogP contribution < -0.4 is 4.90 Å². The average Bonchev–Trinajstić information content (AvgIpc) is 2.81. The molecule has 0 unspecified atom stereocenters. The first-order chi connectivity index (χ1) is 8.37. The van der Waals surface area contributed by atoms with Crippen molar-refractivity contribution in [1.82, 2.24) is 4.98 Å². The summed E-state index contributed by atoms with van der Waals surface area (Å²) in [6, 6.07) is 1.81. The van der Waals surface area contributed by atoms with Crippen LogP contribution in [0, 0.1) is 11.3 Å². The van der Waals surface area contributed by atoms with E-state index in [9.17, 15) is 13.2 Å². The number of aromatic nitrogens is 1. The zero-order valence-electron chi connectivity index (χ0n) is 10.00. The summed E-state index contributed by atoms with van der Waals surface area (Å²) in [6.07, 6.45) is -0.725. The molecule has 18 heavy (non-hydrogen) atoms. The summed E-state index contributed by atoms with van der Waals surface area (Å²) in [5.74, 6) is -0.131. The van der Waals surface area contributed by atoms with Gasteiger partial charge < -0.3 is 4.74 Å². The average molecular weight is 289 g/mol. The zero-order valence-corrected chi connectivity index (χ0v) is 11.6. The van der Waals surface area contributed by atoms with E-state index in [2.05, 4.69) is 9.72 Å². The molecule has 0 fully saturated rings. The second kappa shape index (κ2) is 5.32. The molecule has 0 saturated carbocycles. The molecule has 0 atom stereocenters. The number of hydrogen-bond acceptors (Lipinski definition) is 7. The van der Waals surface area contributed by atoms with E-state index in [1.165, 1.54) is 21.1 Å². The van der Waals surface area contributed by atoms with E-state index in [1.807, 2.05) is 6.07 Å². The fourth-order valence-electron chi connectivity index (χ4n) is 1.07. The van der Waals surface area contributed by atoms with Gasteiger partial charge in [-0.15, -0.1) is 0 Å². The number of thiazole rings is 1. The fourth-order valence-corrected chi connectivity index (χ4v) is 3.28. The minimum absolute atomic E-state index is 0.0126. The van der Waals surface area contributed by atoms with Crippen LogP contribution in [0.15, 0.2) is 4.34 Å². The van der Waals surface area contributed by atoms with Crippen LogP contribution in [0.25, 0.3) is 0 Å². The molecule has 1 rings (SSSR count). The van der Waals surface area contributed by atoms with E-state index in [0.717, 1.165) is 16.2 Å². The number of carbonyl (C=O) groups excluding carboxylic acids is 1. The van der Waals surface area contributed by atoms with Crippen LogP contribution in [0.5, 0.6) is 0 Å². The molecular formula is C9H11N3O4S2. The van der Waals surface area contributed by atoms with Gasteiger partial charge in [-0.05, 0) is 0 Å². The normalized spacial score (nSPS) is 10.8. The lowest BCUT2D eigenvalue weighted by Gasteiger charge is -2.12. The second-order valence-corrected chi connectivity index (χ2v) is 6.63. The number of carbonyl (C=O) groups is 1. The van der Waals surface area contributed by atoms with E-state index in [-0.39, 0.29) is 20.8 Å². The molecule has 0 bridgehead atoms. The van der Waals surface area contributed by atoms with Gasteiger partial charge in [0.2, 0.25) is 14.2 Å². The monoisotopic (exact) mass is 289 g/mol. The van der Waals surface area contributed by atoms with Crippen molar-refractivity contribution in [2.45, 2.75) is 11.3 Å². The Bertz CT molecular complexity index is 600. The molecule has 7 nitrogen and oxygen atoms in total. The lowest BCUT2D eigenvalue weighted by molar-refractivity contribution is 0.180. The molecule has 0 aliphatic heterocycles. The Morgan fingerprint density at radius 3 is 2.67 bits per heavy atom. The van der Waals surface area contributed by atoms with E-state index in [4.69, 9.17) is 5.26 Å². The van der Waals surface area contributed by atoms with Crippen LogP contribution in [0.3, 0.4) is 0 Å². The summed E-state index contributed by atoms with van der Waals surface area (Å²) in [6.45, 7) is 1.48. The van der Waals surface area contributed by atoms with E-state index < -0.39 is 15.9 Å². The Morgan fingerprint density at radius 2 is 2.22 bits per heavy atom. The summed E-state index contributed by atoms with van der Waals surface area (Å²) in [5.41, 5.74) is 0. The lowest BCUT2D eigenvalue weighted by atomic mass is 10.5. The molecule has 0 N–H and O–H groups in total. The third kappa shape index (κ3) is 2.60. The van der Waals surface area contributed by atoms with Crippen molar-refractivity contribution < 1.29 is 17.9 Å². The maximum Gasteiger partial charge on any atom is 0.414 e. The number of ether oxygens (including phenoxy) is 1. The summed E-state index contributed by atoms with van der Waals surface area (Å²) < 4.78 is 27.6. The first-order valence-electron chi connectivity index (χ1n) is 4.82. The van der Waals surface area contributed by atoms with Gasteiger partial charge in [0.15, 0.2) is 10.7 Å². The Hall–Kier alpha value is -1.66. The summed E-state index contributed by atoms with van der Waals surface area (Å²) in [7, 11) is -0.966. The SMILES string of the molecule is CCS(=O)(=O)c1nc(N(C)C(=O)OC)c(C#N)s1. The molecule has 0 aromatic carbocycles. The predicted octanol–water partition coefficient (Wildman–Crippen LogP) is 1.01. The largest absolute Gasteiger partial charge is 0.452 e. The molecule has 1 amide bonds. The van der Waals surface area contributed by atoms with Crippen molar-refractivity contribution in [3.63, 3.8) is 0 Å². The number of rotatable bonds is 3. The summed E-state index contributed by atoms with van der Waals surface area (Å²) >= 11 is 0.738. The van der Waals surface area contributed by atoms with Crippen LogP contribution in [-0.4, -0.2) is 39.4 Å². The van der Waals surface area contributed by atoms with E-state index in [1.54, 1.807) is 0 Å². The van der Waals surface area contributed by atoms with Gasteiger partial charge in [-0.25, -0.2) is 18.2 Å². The van der Waals surface area contributed by atoms with Gasteiger partial charge >= 0.3 is 6.09 Å². The van der Waals surface area contributed by atoms with Crippen LogP contribution in [0.4, 0.5) is 10.6 Å². The minimum atomic E-state index is -3.50. The molecule has 0 aliphatic rings. The molecule has 1 aromatic rings. The highest BCUT2D eigenvalue weighted by Crippen LogP contribution is 2.28. The maximum absolute atomic E-state index is 11.6. The highest BCUT2D eigenvalue weighted by Gasteiger charge is 2.25. The van der Waals surface area contributed by atoms with Crippen molar-refractivity contribution in [2.24, 2.45) is 0 Å². The van der Waals surface area contributed by atoms with Gasteiger partial charge in [-0.3, -0.25) is 4.90 Å². The topological polar surface area (TPSA) is 100 Å². The summed E-state index contributed by atoms with van der Waals surface area (Å²) in [5, 5.41) is 8.92. The molecule has 9 heteroatoms. The first kappa shape index (κ1) is 14.4. The predicted molar refractivity (Wildman–Crippen MR) is 65.4 cm³/mol. The number of amides is 1.